The molecule has 5 rings (SSSR count). The Bertz CT molecular complexity index is 1940. The lowest BCUT2D eigenvalue weighted by Gasteiger charge is -2.44. The van der Waals surface area contributed by atoms with Crippen molar-refractivity contribution < 1.29 is 93.4 Å². The second-order valence-corrected chi connectivity index (χ2v) is 11.2. The van der Waals surface area contributed by atoms with Crippen LogP contribution in [0.5, 0.6) is 5.75 Å². The number of rotatable bonds is 5. The van der Waals surface area contributed by atoms with Crippen LogP contribution in [0.4, 0.5) is 89.1 Å². The number of aromatic hydroxyl groups is 1. The van der Waals surface area contributed by atoms with Crippen molar-refractivity contribution in [1.82, 2.24) is 0 Å². The highest BCUT2D eigenvalue weighted by Gasteiger charge is 2.52. The van der Waals surface area contributed by atoms with E-state index < -0.39 is 144 Å². The van der Waals surface area contributed by atoms with Crippen LogP contribution < -0.4 is 26.8 Å². The van der Waals surface area contributed by atoms with Crippen LogP contribution in [0.25, 0.3) is 0 Å². The molecule has 0 heterocycles. The van der Waals surface area contributed by atoms with Crippen LogP contribution >= 0.6 is 0 Å². The molecule has 0 aromatic heterocycles. The van der Waals surface area contributed by atoms with Crippen LogP contribution in [0, 0.1) is 111 Å². The van der Waals surface area contributed by atoms with Gasteiger partial charge in [-0.25, -0.2) is 74.6 Å². The first-order valence-electron chi connectivity index (χ1n) is 14.1. The molecule has 0 aliphatic rings. The fourth-order valence-electron chi connectivity index (χ4n) is 5.66. The maximum atomic E-state index is 15.4. The summed E-state index contributed by atoms with van der Waals surface area (Å²) in [6.45, 7) is 0. The number of halogens is 19. The topological polar surface area (TPSA) is 24.7 Å². The molecule has 5 aromatic rings. The Morgan fingerprint density at radius 1 is 0.333 bits per heavy atom. The summed E-state index contributed by atoms with van der Waals surface area (Å²) in [6, 6.07) is 10.4. The third-order valence-corrected chi connectivity index (χ3v) is 8.09. The molecule has 0 unspecified atom stereocenters. The number of hydrogen-bond donors (Lipinski definition) is 2. The Labute approximate surface area is 288 Å². The molecule has 54 heavy (non-hydrogen) atoms. The zero-order chi connectivity index (χ0) is 41.0. The van der Waals surface area contributed by atoms with Gasteiger partial charge in [0.15, 0.2) is 69.7 Å². The van der Waals surface area contributed by atoms with Gasteiger partial charge in [-0.15, -0.1) is 21.9 Å². The van der Waals surface area contributed by atoms with Gasteiger partial charge in [-0.1, -0.05) is 18.2 Å². The van der Waals surface area contributed by atoms with Gasteiger partial charge < -0.3 is 10.0 Å². The van der Waals surface area contributed by atoms with Crippen molar-refractivity contribution >= 4 is 33.7 Å². The third kappa shape index (κ3) is 6.04. The number of phenolic OH excluding ortho intramolecular Hbond substituents is 1. The average Bonchev–Trinajstić information content (AvgIpc) is 3.15. The van der Waals surface area contributed by atoms with Gasteiger partial charge in [0.05, 0.1) is 14.1 Å². The van der Waals surface area contributed by atoms with E-state index in [-0.39, 0.29) is 0 Å². The monoisotopic (exact) mass is 799 g/mol. The van der Waals surface area contributed by atoms with Crippen LogP contribution in [-0.2, 0) is 0 Å². The molecule has 0 amide bonds. The summed E-state index contributed by atoms with van der Waals surface area (Å²) in [5.41, 5.74) is -12.8. The normalized spacial score (nSPS) is 11.7. The SMILES string of the molecule is C[NH+](C)c1ccccc1.Oc1c(F)c(F)c([B-](c2c(F)c(F)c(F)c(F)c2F)(c2c(F)c(F)c(F)c(F)c2F)c2c(F)c(F)c(F)c(F)c2F)c(F)c1F. The molecule has 0 bridgehead atoms. The molecule has 0 saturated heterocycles. The summed E-state index contributed by atoms with van der Waals surface area (Å²) in [7, 11) is 4.24. The second-order valence-electron chi connectivity index (χ2n) is 11.2. The van der Waals surface area contributed by atoms with Crippen LogP contribution in [0.15, 0.2) is 30.3 Å². The van der Waals surface area contributed by atoms with Crippen molar-refractivity contribution in [3.8, 4) is 5.75 Å². The number of hydrogen-bond acceptors (Lipinski definition) is 1. The van der Waals surface area contributed by atoms with E-state index in [1.807, 2.05) is 6.07 Å². The van der Waals surface area contributed by atoms with E-state index in [2.05, 4.69) is 38.4 Å². The highest BCUT2D eigenvalue weighted by Crippen LogP contribution is 2.32. The molecule has 0 radical (unpaired) electrons. The Morgan fingerprint density at radius 3 is 0.741 bits per heavy atom. The number of nitrogens with one attached hydrogen (secondary N) is 1. The molecule has 22 heteroatoms. The standard InChI is InChI=1S/C24HBF19O.C8H11N/c26-5-1(6(27)14(35)19(40)13(5)34)25(2-7(28)15(36)20(41)16(37)8(2)29,3-9(30)17(38)21(42)18(39)10(3)31)4-11(32)22(43)24(45)23(44)12(4)33;1-9(2)8-6-4-3-5-7-8/h45H;3-7H,1-2H3/q-1;/p+1. The van der Waals surface area contributed by atoms with Crippen LogP contribution in [0.2, 0.25) is 0 Å². The summed E-state index contributed by atoms with van der Waals surface area (Å²) >= 11 is 0. The van der Waals surface area contributed by atoms with E-state index in [4.69, 9.17) is 0 Å². The summed E-state index contributed by atoms with van der Waals surface area (Å²) in [5.74, 6) is -69.8. The molecular formula is C32H13BF19NO. The molecule has 0 atom stereocenters. The predicted octanol–water partition coefficient (Wildman–Crippen LogP) is 5.88. The highest BCUT2D eigenvalue weighted by atomic mass is 19.2. The van der Waals surface area contributed by atoms with Gasteiger partial charge in [-0.3, -0.25) is 0 Å². The lowest BCUT2D eigenvalue weighted by atomic mass is 9.12. The molecule has 2 N–H and O–H groups in total. The van der Waals surface area contributed by atoms with E-state index >= 15 is 35.1 Å². The molecule has 0 saturated carbocycles. The minimum Gasteiger partial charge on any atom is -0.503 e. The molecule has 288 valence electrons. The van der Waals surface area contributed by atoms with Crippen molar-refractivity contribution in [3.63, 3.8) is 0 Å². The maximum Gasteiger partial charge on any atom is 0.200 e. The van der Waals surface area contributed by atoms with Crippen molar-refractivity contribution in [2.45, 2.75) is 0 Å². The summed E-state index contributed by atoms with van der Waals surface area (Å²) in [5, 5.41) is 9.29. The highest BCUT2D eigenvalue weighted by molar-refractivity contribution is 7.20. The predicted molar refractivity (Wildman–Crippen MR) is 150 cm³/mol. The largest absolute Gasteiger partial charge is 0.503 e. The number of quaternary nitrogens is 1. The Hall–Kier alpha value is -5.41. The molecular weight excluding hydrogens is 786 g/mol. The zero-order valence-electron chi connectivity index (χ0n) is 26.1. The van der Waals surface area contributed by atoms with Gasteiger partial charge in [-0.05, 0) is 12.1 Å². The van der Waals surface area contributed by atoms with E-state index in [0.717, 1.165) is 0 Å². The summed E-state index contributed by atoms with van der Waals surface area (Å²) in [4.78, 5) is 1.37. The molecule has 0 spiro atoms. The summed E-state index contributed by atoms with van der Waals surface area (Å²) < 4.78 is 281. The molecule has 0 aliphatic heterocycles. The molecule has 0 fully saturated rings. The third-order valence-electron chi connectivity index (χ3n) is 8.09. The fourth-order valence-corrected chi connectivity index (χ4v) is 5.66. The average molecular weight is 799 g/mol. The van der Waals surface area contributed by atoms with Gasteiger partial charge in [0.25, 0.3) is 0 Å². The lowest BCUT2D eigenvalue weighted by molar-refractivity contribution is -0.786. The first-order chi connectivity index (χ1) is 25.0. The fraction of sp³-hybridized carbons (Fsp3) is 0.0625. The maximum absolute atomic E-state index is 15.4. The minimum absolute atomic E-state index is 1.33. The van der Waals surface area contributed by atoms with Gasteiger partial charge in [-0.2, -0.15) is 8.78 Å². The van der Waals surface area contributed by atoms with Crippen LogP contribution in [0.1, 0.15) is 0 Å². The van der Waals surface area contributed by atoms with Crippen molar-refractivity contribution in [3.05, 3.63) is 141 Å². The number of benzene rings is 5. The first kappa shape index (κ1) is 41.4. The van der Waals surface area contributed by atoms with Crippen molar-refractivity contribution in [2.24, 2.45) is 0 Å². The van der Waals surface area contributed by atoms with E-state index in [1.54, 1.807) is 0 Å². The van der Waals surface area contributed by atoms with Crippen LogP contribution in [0.3, 0.4) is 0 Å². The lowest BCUT2D eigenvalue weighted by Crippen LogP contribution is -3.00. The van der Waals surface area contributed by atoms with E-state index in [1.165, 1.54) is 10.6 Å². The Balaban J connectivity index is 0.000000631. The van der Waals surface area contributed by atoms with E-state index in [0.29, 0.717) is 0 Å². The van der Waals surface area contributed by atoms with Gasteiger partial charge in [0.1, 0.15) is 58.4 Å². The molecule has 5 aromatic carbocycles. The Morgan fingerprint density at radius 2 is 0.537 bits per heavy atom. The Kier molecular flexibility index (Phi) is 11.3. The quantitative estimate of drug-likeness (QED) is 0.0990. The van der Waals surface area contributed by atoms with Gasteiger partial charge in [0.2, 0.25) is 0 Å². The molecule has 0 aliphatic carbocycles. The first-order valence-corrected chi connectivity index (χ1v) is 14.1. The van der Waals surface area contributed by atoms with E-state index in [9.17, 15) is 53.4 Å². The zero-order valence-corrected chi connectivity index (χ0v) is 26.1. The summed E-state index contributed by atoms with van der Waals surface area (Å²) in [6.07, 6.45) is -7.16. The van der Waals surface area contributed by atoms with Crippen molar-refractivity contribution in [2.75, 3.05) is 14.1 Å². The number of phenols is 1. The number of para-hydroxylation sites is 1. The second kappa shape index (κ2) is 14.8. The smallest absolute Gasteiger partial charge is 0.200 e. The molecule has 2 nitrogen and oxygen atoms in total. The van der Waals surface area contributed by atoms with Gasteiger partial charge in [0, 0.05) is 0 Å². The minimum atomic E-state index is -7.16. The van der Waals surface area contributed by atoms with Crippen molar-refractivity contribution in [1.29, 1.82) is 0 Å². The van der Waals surface area contributed by atoms with Gasteiger partial charge >= 0.3 is 0 Å². The van der Waals surface area contributed by atoms with Crippen LogP contribution in [-0.4, -0.2) is 25.3 Å².